The summed E-state index contributed by atoms with van der Waals surface area (Å²) in [5, 5.41) is 2.71. The molecule has 0 atom stereocenters. The normalized spacial score (nSPS) is 11.5. The molecule has 0 radical (unpaired) electrons. The molecule has 134 valence electrons. The van der Waals surface area contributed by atoms with Crippen LogP contribution in [0.4, 0.5) is 14.5 Å². The van der Waals surface area contributed by atoms with Gasteiger partial charge in [-0.05, 0) is 36.4 Å². The largest absolute Gasteiger partial charge is 0.341 e. The Morgan fingerprint density at radius 3 is 2.38 bits per heavy atom. The Labute approximate surface area is 148 Å². The molecule has 1 N–H and O–H groups in total. The number of hydrogen-bond acceptors (Lipinski definition) is 4. The molecule has 0 spiro atoms. The zero-order valence-corrected chi connectivity index (χ0v) is 14.0. The van der Waals surface area contributed by atoms with Crippen molar-refractivity contribution in [2.75, 3.05) is 5.32 Å². The van der Waals surface area contributed by atoms with Crippen molar-refractivity contribution < 1.29 is 22.0 Å². The molecular weight excluding hydrogens is 364 g/mol. The highest BCUT2D eigenvalue weighted by Crippen LogP contribution is 2.22. The van der Waals surface area contributed by atoms with Gasteiger partial charge < -0.3 is 9.88 Å². The molecule has 6 nitrogen and oxygen atoms in total. The fourth-order valence-corrected chi connectivity index (χ4v) is 3.02. The highest BCUT2D eigenvalue weighted by atomic mass is 32.2. The van der Waals surface area contributed by atoms with Gasteiger partial charge in [0.05, 0.1) is 22.6 Å². The van der Waals surface area contributed by atoms with Gasteiger partial charge in [0.2, 0.25) is 9.84 Å². The van der Waals surface area contributed by atoms with Crippen LogP contribution in [0.5, 0.6) is 0 Å². The van der Waals surface area contributed by atoms with E-state index >= 15 is 0 Å². The quantitative estimate of drug-likeness (QED) is 0.741. The van der Waals surface area contributed by atoms with Crippen LogP contribution in [0, 0.1) is 0 Å². The summed E-state index contributed by atoms with van der Waals surface area (Å²) in [6.07, 6.45) is 4.89. The Hall–Kier alpha value is -3.07. The number of halogens is 2. The van der Waals surface area contributed by atoms with Crippen molar-refractivity contribution in [2.45, 2.75) is 10.7 Å². The van der Waals surface area contributed by atoms with Gasteiger partial charge in [0.1, 0.15) is 0 Å². The van der Waals surface area contributed by atoms with Crippen molar-refractivity contribution in [2.24, 2.45) is 0 Å². The van der Waals surface area contributed by atoms with Gasteiger partial charge >= 0.3 is 5.76 Å². The van der Waals surface area contributed by atoms with Crippen LogP contribution in [-0.4, -0.2) is 29.6 Å². The van der Waals surface area contributed by atoms with Crippen molar-refractivity contribution in [3.05, 3.63) is 72.8 Å². The number of nitrogens with one attached hydrogen (secondary N) is 1. The molecule has 0 unspecified atom stereocenters. The molecular formula is C17H13F2N3O3S. The van der Waals surface area contributed by atoms with E-state index in [9.17, 15) is 22.0 Å². The van der Waals surface area contributed by atoms with Crippen LogP contribution in [0.2, 0.25) is 0 Å². The second kappa shape index (κ2) is 7.04. The number of alkyl halides is 2. The predicted octanol–water partition coefficient (Wildman–Crippen LogP) is 3.12. The van der Waals surface area contributed by atoms with E-state index in [1.165, 1.54) is 12.1 Å². The summed E-state index contributed by atoms with van der Waals surface area (Å²) >= 11 is 0. The number of carbonyl (C=O) groups excluding carboxylic acids is 1. The van der Waals surface area contributed by atoms with Crippen LogP contribution >= 0.6 is 0 Å². The second-order valence-electron chi connectivity index (χ2n) is 5.27. The van der Waals surface area contributed by atoms with Crippen LogP contribution in [0.1, 0.15) is 10.4 Å². The minimum atomic E-state index is -4.69. The van der Waals surface area contributed by atoms with E-state index in [1.807, 2.05) is 0 Å². The maximum absolute atomic E-state index is 12.5. The lowest BCUT2D eigenvalue weighted by Gasteiger charge is -2.12. The maximum atomic E-state index is 12.5. The summed E-state index contributed by atoms with van der Waals surface area (Å²) in [6, 6.07) is 11.4. The van der Waals surface area contributed by atoms with E-state index in [0.29, 0.717) is 11.4 Å². The molecule has 0 aliphatic heterocycles. The third-order valence-corrected chi connectivity index (χ3v) is 5.01. The number of imidazole rings is 1. The summed E-state index contributed by atoms with van der Waals surface area (Å²) in [6.45, 7) is 0. The number of anilines is 1. The molecule has 1 amide bonds. The standard InChI is InChI=1S/C17H13F2N3O3S/c18-17(19)26(24,25)13-7-5-12(6-8-13)16(23)21-14-3-1-2-4-15(14)22-10-9-20-11-22/h1-11,17H,(H,21,23). The van der Waals surface area contributed by atoms with Gasteiger partial charge in [0, 0.05) is 18.0 Å². The first-order chi connectivity index (χ1) is 12.4. The number of para-hydroxylation sites is 2. The fraction of sp³-hybridized carbons (Fsp3) is 0.0588. The monoisotopic (exact) mass is 377 g/mol. The Kier molecular flexibility index (Phi) is 4.81. The van der Waals surface area contributed by atoms with Crippen LogP contribution in [0.15, 0.2) is 72.1 Å². The first-order valence-corrected chi connectivity index (χ1v) is 8.95. The molecule has 0 aliphatic carbocycles. The smallest absolute Gasteiger partial charge is 0.320 e. The van der Waals surface area contributed by atoms with E-state index in [-0.39, 0.29) is 5.56 Å². The van der Waals surface area contributed by atoms with Gasteiger partial charge in [-0.1, -0.05) is 12.1 Å². The zero-order valence-electron chi connectivity index (χ0n) is 13.2. The number of nitrogens with zero attached hydrogens (tertiary/aromatic N) is 2. The number of sulfone groups is 1. The molecule has 0 saturated carbocycles. The topological polar surface area (TPSA) is 81.1 Å². The van der Waals surface area contributed by atoms with Crippen LogP contribution in [0.3, 0.4) is 0 Å². The molecule has 26 heavy (non-hydrogen) atoms. The lowest BCUT2D eigenvalue weighted by atomic mass is 10.2. The van der Waals surface area contributed by atoms with Gasteiger partial charge in [-0.25, -0.2) is 13.4 Å². The molecule has 1 aromatic heterocycles. The predicted molar refractivity (Wildman–Crippen MR) is 91.1 cm³/mol. The molecule has 3 rings (SSSR count). The summed E-state index contributed by atoms with van der Waals surface area (Å²) in [4.78, 5) is 15.8. The highest BCUT2D eigenvalue weighted by molar-refractivity contribution is 7.91. The lowest BCUT2D eigenvalue weighted by Crippen LogP contribution is -2.15. The minimum Gasteiger partial charge on any atom is -0.320 e. The lowest BCUT2D eigenvalue weighted by molar-refractivity contribution is 0.102. The van der Waals surface area contributed by atoms with E-state index in [4.69, 9.17) is 0 Å². The minimum absolute atomic E-state index is 0.138. The molecule has 0 aliphatic rings. The first-order valence-electron chi connectivity index (χ1n) is 7.40. The molecule has 0 bridgehead atoms. The van der Waals surface area contributed by atoms with Gasteiger partial charge in [-0.2, -0.15) is 8.78 Å². The SMILES string of the molecule is O=C(Nc1ccccc1-n1ccnc1)c1ccc(S(=O)(=O)C(F)F)cc1. The molecule has 9 heteroatoms. The van der Waals surface area contributed by atoms with E-state index in [0.717, 1.165) is 12.1 Å². The number of rotatable bonds is 5. The van der Waals surface area contributed by atoms with Gasteiger partial charge in [-0.3, -0.25) is 4.79 Å². The average Bonchev–Trinajstić information content (AvgIpc) is 3.16. The van der Waals surface area contributed by atoms with E-state index < -0.39 is 26.4 Å². The van der Waals surface area contributed by atoms with Gasteiger partial charge in [0.25, 0.3) is 5.91 Å². The van der Waals surface area contributed by atoms with Crippen LogP contribution in [-0.2, 0) is 9.84 Å². The van der Waals surface area contributed by atoms with Crippen LogP contribution < -0.4 is 5.32 Å². The van der Waals surface area contributed by atoms with Crippen molar-refractivity contribution in [1.82, 2.24) is 9.55 Å². The molecule has 0 saturated heterocycles. The van der Waals surface area contributed by atoms with Crippen molar-refractivity contribution in [3.8, 4) is 5.69 Å². The third kappa shape index (κ3) is 3.47. The van der Waals surface area contributed by atoms with Crippen molar-refractivity contribution in [1.29, 1.82) is 0 Å². The van der Waals surface area contributed by atoms with E-state index in [1.54, 1.807) is 47.6 Å². The highest BCUT2D eigenvalue weighted by Gasteiger charge is 2.26. The Bertz CT molecular complexity index is 1020. The number of aromatic nitrogens is 2. The molecule has 0 fully saturated rings. The summed E-state index contributed by atoms with van der Waals surface area (Å²) in [5.41, 5.74) is 1.34. The Morgan fingerprint density at radius 2 is 1.77 bits per heavy atom. The number of hydrogen-bond donors (Lipinski definition) is 1. The average molecular weight is 377 g/mol. The Balaban J connectivity index is 1.84. The second-order valence-corrected chi connectivity index (χ2v) is 7.19. The molecule has 2 aromatic carbocycles. The van der Waals surface area contributed by atoms with Crippen LogP contribution in [0.25, 0.3) is 5.69 Å². The third-order valence-electron chi connectivity index (χ3n) is 3.61. The van der Waals surface area contributed by atoms with E-state index in [2.05, 4.69) is 10.3 Å². The van der Waals surface area contributed by atoms with Crippen molar-refractivity contribution >= 4 is 21.4 Å². The Morgan fingerprint density at radius 1 is 1.08 bits per heavy atom. The summed E-state index contributed by atoms with van der Waals surface area (Å²) in [7, 11) is -4.69. The van der Waals surface area contributed by atoms with Crippen molar-refractivity contribution in [3.63, 3.8) is 0 Å². The number of amides is 1. The zero-order chi connectivity index (χ0) is 18.7. The van der Waals surface area contributed by atoms with Gasteiger partial charge in [0.15, 0.2) is 0 Å². The molecule has 3 aromatic rings. The first kappa shape index (κ1) is 17.7. The van der Waals surface area contributed by atoms with Gasteiger partial charge in [-0.15, -0.1) is 0 Å². The maximum Gasteiger partial charge on any atom is 0.341 e. The molecule has 1 heterocycles. The number of carbonyl (C=O) groups is 1. The number of benzene rings is 2. The fourth-order valence-electron chi connectivity index (χ4n) is 2.30. The summed E-state index contributed by atoms with van der Waals surface area (Å²) in [5.74, 6) is -4.01. The summed E-state index contributed by atoms with van der Waals surface area (Å²) < 4.78 is 49.7.